The zero-order chi connectivity index (χ0) is 10.2. The number of hydrogen-bond donors (Lipinski definition) is 0. The second-order valence-corrected chi connectivity index (χ2v) is 2.95. The van der Waals surface area contributed by atoms with Gasteiger partial charge < -0.3 is 4.90 Å². The van der Waals surface area contributed by atoms with Crippen LogP contribution in [0.3, 0.4) is 0 Å². The summed E-state index contributed by atoms with van der Waals surface area (Å²) in [6, 6.07) is 0. The molecule has 0 aliphatic carbocycles. The van der Waals surface area contributed by atoms with Crippen molar-refractivity contribution in [2.45, 2.75) is 6.18 Å². The molecular formula is C10H7F3N. The van der Waals surface area contributed by atoms with Gasteiger partial charge >= 0.3 is 6.18 Å². The lowest BCUT2D eigenvalue weighted by atomic mass is 10.1. The smallest absolute Gasteiger partial charge is 0.339 e. The molecule has 73 valence electrons. The molecule has 2 rings (SSSR count). The molecule has 0 bridgehead atoms. The Kier molecular flexibility index (Phi) is 1.98. The van der Waals surface area contributed by atoms with Crippen molar-refractivity contribution in [2.24, 2.45) is 0 Å². The molecule has 0 spiro atoms. The predicted octanol–water partition coefficient (Wildman–Crippen LogP) is 2.92. The van der Waals surface area contributed by atoms with E-state index in [4.69, 9.17) is 0 Å². The Morgan fingerprint density at radius 1 is 1.14 bits per heavy atom. The molecule has 0 amide bonds. The molecule has 1 nitrogen and oxygen atoms in total. The molecule has 0 aromatic heterocycles. The lowest BCUT2D eigenvalue weighted by molar-refractivity contribution is -0.0885. The Labute approximate surface area is 79.5 Å². The lowest BCUT2D eigenvalue weighted by Gasteiger charge is -2.26. The van der Waals surface area contributed by atoms with Crippen LogP contribution in [0.25, 0.3) is 0 Å². The van der Waals surface area contributed by atoms with Crippen molar-refractivity contribution in [1.29, 1.82) is 0 Å². The molecular weight excluding hydrogens is 191 g/mol. The van der Waals surface area contributed by atoms with Gasteiger partial charge in [-0.2, -0.15) is 13.2 Å². The number of hydrogen-bond acceptors (Lipinski definition) is 1. The van der Waals surface area contributed by atoms with Crippen molar-refractivity contribution in [1.82, 2.24) is 4.90 Å². The van der Waals surface area contributed by atoms with Crippen LogP contribution in [0, 0.1) is 6.54 Å². The first-order chi connectivity index (χ1) is 6.57. The highest BCUT2D eigenvalue weighted by Gasteiger charge is 2.33. The van der Waals surface area contributed by atoms with Gasteiger partial charge in [-0.25, -0.2) is 0 Å². The van der Waals surface area contributed by atoms with E-state index in [0.29, 0.717) is 5.70 Å². The van der Waals surface area contributed by atoms with Crippen LogP contribution in [0.4, 0.5) is 13.2 Å². The third kappa shape index (κ3) is 1.60. The summed E-state index contributed by atoms with van der Waals surface area (Å²) in [6.45, 7) is 1.70. The summed E-state index contributed by atoms with van der Waals surface area (Å²) in [5.41, 5.74) is -0.0916. The highest BCUT2D eigenvalue weighted by Crippen LogP contribution is 2.32. The van der Waals surface area contributed by atoms with Gasteiger partial charge in [-0.05, 0) is 18.2 Å². The average molecular weight is 198 g/mol. The quantitative estimate of drug-likeness (QED) is 0.578. The van der Waals surface area contributed by atoms with Gasteiger partial charge in [0.2, 0.25) is 0 Å². The van der Waals surface area contributed by atoms with E-state index in [2.05, 4.69) is 0 Å². The third-order valence-corrected chi connectivity index (χ3v) is 1.97. The molecule has 0 aromatic carbocycles. The van der Waals surface area contributed by atoms with E-state index in [1.807, 2.05) is 0 Å². The van der Waals surface area contributed by atoms with Gasteiger partial charge in [-0.15, -0.1) is 0 Å². The van der Waals surface area contributed by atoms with Gasteiger partial charge in [0.05, 0.1) is 12.1 Å². The maximum absolute atomic E-state index is 12.3. The monoisotopic (exact) mass is 198 g/mol. The number of alkyl halides is 3. The maximum Gasteiger partial charge on any atom is 0.416 e. The van der Waals surface area contributed by atoms with E-state index < -0.39 is 11.7 Å². The van der Waals surface area contributed by atoms with Crippen molar-refractivity contribution in [3.8, 4) is 0 Å². The zero-order valence-electron chi connectivity index (χ0n) is 7.12. The van der Waals surface area contributed by atoms with Crippen LogP contribution >= 0.6 is 0 Å². The molecule has 0 N–H and O–H groups in total. The second kappa shape index (κ2) is 3.04. The molecule has 0 atom stereocenters. The Morgan fingerprint density at radius 2 is 1.93 bits per heavy atom. The Hall–Kier alpha value is -1.45. The molecule has 0 saturated carbocycles. The van der Waals surface area contributed by atoms with E-state index in [-0.39, 0.29) is 0 Å². The molecule has 2 heterocycles. The normalized spacial score (nSPS) is 20.4. The number of allylic oxidation sites excluding steroid dienone is 5. The highest BCUT2D eigenvalue weighted by molar-refractivity contribution is 5.42. The van der Waals surface area contributed by atoms with E-state index in [1.54, 1.807) is 29.7 Å². The topological polar surface area (TPSA) is 3.24 Å². The summed E-state index contributed by atoms with van der Waals surface area (Å²) in [5.74, 6) is 0. The van der Waals surface area contributed by atoms with Crippen LogP contribution in [0.2, 0.25) is 0 Å². The average Bonchev–Trinajstić information content (AvgIpc) is 2.16. The van der Waals surface area contributed by atoms with Crippen molar-refractivity contribution in [3.05, 3.63) is 54.4 Å². The van der Waals surface area contributed by atoms with Gasteiger partial charge in [-0.1, -0.05) is 12.2 Å². The van der Waals surface area contributed by atoms with Crippen molar-refractivity contribution >= 4 is 0 Å². The summed E-state index contributed by atoms with van der Waals surface area (Å²) in [4.78, 5) is 1.63. The minimum atomic E-state index is -4.27. The molecule has 2 aliphatic rings. The summed E-state index contributed by atoms with van der Waals surface area (Å²) >= 11 is 0. The van der Waals surface area contributed by atoms with Crippen molar-refractivity contribution in [2.75, 3.05) is 0 Å². The number of halogens is 3. The summed E-state index contributed by atoms with van der Waals surface area (Å²) in [7, 11) is 0. The SMILES string of the molecule is FC(F)(F)C1=CC2=CC=C[CH]N2C=C1. The van der Waals surface area contributed by atoms with Crippen LogP contribution in [-0.4, -0.2) is 11.1 Å². The van der Waals surface area contributed by atoms with Gasteiger partial charge in [-0.3, -0.25) is 0 Å². The summed E-state index contributed by atoms with van der Waals surface area (Å²) in [5, 5.41) is 0. The molecule has 14 heavy (non-hydrogen) atoms. The largest absolute Gasteiger partial charge is 0.416 e. The molecule has 2 aliphatic heterocycles. The second-order valence-electron chi connectivity index (χ2n) is 2.95. The standard InChI is InChI=1S/C10H7F3N/c11-10(12,13)8-4-6-14-5-2-1-3-9(14)7-8/h1-7H. The highest BCUT2D eigenvalue weighted by atomic mass is 19.4. The third-order valence-electron chi connectivity index (χ3n) is 1.97. The van der Waals surface area contributed by atoms with Gasteiger partial charge in [0.1, 0.15) is 0 Å². The molecule has 4 heteroatoms. The summed E-state index contributed by atoms with van der Waals surface area (Å²) < 4.78 is 36.9. The molecule has 0 fully saturated rings. The first-order valence-corrected chi connectivity index (χ1v) is 4.04. The molecule has 0 saturated heterocycles. The Balaban J connectivity index is 2.33. The van der Waals surface area contributed by atoms with Crippen LogP contribution in [0.5, 0.6) is 0 Å². The lowest BCUT2D eigenvalue weighted by Crippen LogP contribution is -2.20. The van der Waals surface area contributed by atoms with Gasteiger partial charge in [0.25, 0.3) is 0 Å². The fourth-order valence-corrected chi connectivity index (χ4v) is 1.27. The Bertz CT molecular complexity index is 358. The van der Waals surface area contributed by atoms with Gasteiger partial charge in [0.15, 0.2) is 0 Å². The zero-order valence-corrected chi connectivity index (χ0v) is 7.12. The maximum atomic E-state index is 12.3. The first-order valence-electron chi connectivity index (χ1n) is 4.04. The molecule has 1 radical (unpaired) electrons. The predicted molar refractivity (Wildman–Crippen MR) is 46.6 cm³/mol. The van der Waals surface area contributed by atoms with Crippen molar-refractivity contribution < 1.29 is 13.2 Å². The summed E-state index contributed by atoms with van der Waals surface area (Å²) in [6.07, 6.45) is 4.42. The fraction of sp³-hybridized carbons (Fsp3) is 0.100. The Morgan fingerprint density at radius 3 is 2.64 bits per heavy atom. The van der Waals surface area contributed by atoms with Crippen LogP contribution in [-0.2, 0) is 0 Å². The van der Waals surface area contributed by atoms with Crippen molar-refractivity contribution in [3.63, 3.8) is 0 Å². The van der Waals surface area contributed by atoms with Gasteiger partial charge in [0, 0.05) is 11.9 Å². The minimum absolute atomic E-state index is 0.530. The number of nitrogens with zero attached hydrogens (tertiary/aromatic N) is 1. The van der Waals surface area contributed by atoms with Crippen LogP contribution < -0.4 is 0 Å². The molecule has 0 aromatic rings. The van der Waals surface area contributed by atoms with E-state index in [1.165, 1.54) is 6.20 Å². The van der Waals surface area contributed by atoms with E-state index >= 15 is 0 Å². The minimum Gasteiger partial charge on any atom is -0.339 e. The first kappa shape index (κ1) is 9.12. The molecule has 0 unspecified atom stereocenters. The number of fused-ring (bicyclic) bond motifs is 1. The van der Waals surface area contributed by atoms with E-state index in [0.717, 1.165) is 12.2 Å². The van der Waals surface area contributed by atoms with Crippen LogP contribution in [0.15, 0.2) is 47.9 Å². The van der Waals surface area contributed by atoms with Crippen LogP contribution in [0.1, 0.15) is 0 Å². The number of rotatable bonds is 0. The van der Waals surface area contributed by atoms with E-state index in [9.17, 15) is 13.2 Å². The fourth-order valence-electron chi connectivity index (χ4n) is 1.27.